The minimum atomic E-state index is -0.303. The maximum atomic E-state index is 11.6. The first-order valence-electron chi connectivity index (χ1n) is 12.6. The third-order valence-corrected chi connectivity index (χ3v) is 7.48. The second-order valence-electron chi connectivity index (χ2n) is 8.28. The van der Waals surface area contributed by atoms with Gasteiger partial charge in [0.15, 0.2) is 16.7 Å². The molecule has 3 heterocycles. The molecule has 1 N–H and O–H groups in total. The molecular formula is C28H36N4O5S2. The number of thioether (sulfide) groups is 1. The van der Waals surface area contributed by atoms with E-state index in [-0.39, 0.29) is 17.6 Å². The van der Waals surface area contributed by atoms with Gasteiger partial charge >= 0.3 is 5.97 Å². The minimum Gasteiger partial charge on any atom is -0.468 e. The summed E-state index contributed by atoms with van der Waals surface area (Å²) in [6, 6.07) is 9.63. The predicted octanol–water partition coefficient (Wildman–Crippen LogP) is 6.21. The number of carbonyl (C=O) groups excluding carboxylic acids is 3. The van der Waals surface area contributed by atoms with Crippen molar-refractivity contribution in [3.05, 3.63) is 53.2 Å². The van der Waals surface area contributed by atoms with E-state index in [2.05, 4.69) is 15.7 Å². The molecule has 1 aromatic carbocycles. The van der Waals surface area contributed by atoms with Crippen molar-refractivity contribution >= 4 is 52.7 Å². The van der Waals surface area contributed by atoms with Crippen molar-refractivity contribution in [2.24, 2.45) is 0 Å². The number of anilines is 2. The number of nitrogens with one attached hydrogen (secondary N) is 1. The Hall–Kier alpha value is -3.44. The molecule has 2 aromatic heterocycles. The SMILES string of the molecule is C=O.CC.COC(=O)CSc1cnc(Nc2nc(C3CCN(C(C)=O)CC3)cs2)c(Oc2ccc(C)cc2)c1. The summed E-state index contributed by atoms with van der Waals surface area (Å²) < 4.78 is 10.9. The summed E-state index contributed by atoms with van der Waals surface area (Å²) in [5, 5.41) is 6.09. The van der Waals surface area contributed by atoms with Crippen molar-refractivity contribution in [1.29, 1.82) is 0 Å². The van der Waals surface area contributed by atoms with Gasteiger partial charge in [0.2, 0.25) is 5.91 Å². The van der Waals surface area contributed by atoms with Crippen molar-refractivity contribution < 1.29 is 23.9 Å². The molecule has 210 valence electrons. The summed E-state index contributed by atoms with van der Waals surface area (Å²) in [6.07, 6.45) is 3.52. The van der Waals surface area contributed by atoms with Crippen molar-refractivity contribution in [3.63, 3.8) is 0 Å². The average Bonchev–Trinajstić information content (AvgIpc) is 3.45. The highest BCUT2D eigenvalue weighted by Crippen LogP contribution is 2.36. The van der Waals surface area contributed by atoms with Gasteiger partial charge in [0.05, 0.1) is 18.6 Å². The lowest BCUT2D eigenvalue weighted by Gasteiger charge is -2.30. The number of esters is 1. The second kappa shape index (κ2) is 16.5. The number of carbonyl (C=O) groups is 3. The van der Waals surface area contributed by atoms with Crippen LogP contribution < -0.4 is 10.1 Å². The van der Waals surface area contributed by atoms with Crippen LogP contribution in [0, 0.1) is 6.92 Å². The molecule has 9 nitrogen and oxygen atoms in total. The quantitative estimate of drug-likeness (QED) is 0.249. The molecule has 11 heteroatoms. The third kappa shape index (κ3) is 9.67. The number of aryl methyl sites for hydroxylation is 1. The number of hydrogen-bond donors (Lipinski definition) is 1. The van der Waals surface area contributed by atoms with Crippen LogP contribution in [0.3, 0.4) is 0 Å². The summed E-state index contributed by atoms with van der Waals surface area (Å²) in [5.41, 5.74) is 2.17. The largest absolute Gasteiger partial charge is 0.468 e. The summed E-state index contributed by atoms with van der Waals surface area (Å²) in [6.45, 7) is 11.2. The zero-order chi connectivity index (χ0) is 28.8. The van der Waals surface area contributed by atoms with E-state index in [1.54, 1.807) is 13.1 Å². The van der Waals surface area contributed by atoms with Crippen LogP contribution in [0.4, 0.5) is 10.9 Å². The van der Waals surface area contributed by atoms with Crippen molar-refractivity contribution in [1.82, 2.24) is 14.9 Å². The molecule has 1 aliphatic heterocycles. The number of hydrogen-bond acceptors (Lipinski definition) is 10. The number of thiazole rings is 1. The molecule has 39 heavy (non-hydrogen) atoms. The van der Waals surface area contributed by atoms with Crippen LogP contribution in [0.25, 0.3) is 0 Å². The zero-order valence-corrected chi connectivity index (χ0v) is 24.7. The first kappa shape index (κ1) is 31.8. The number of nitrogens with zero attached hydrogens (tertiary/aromatic N) is 3. The highest BCUT2D eigenvalue weighted by atomic mass is 32.2. The van der Waals surface area contributed by atoms with Gasteiger partial charge in [-0.25, -0.2) is 9.97 Å². The van der Waals surface area contributed by atoms with Gasteiger partial charge in [-0.05, 0) is 38.0 Å². The number of piperidine rings is 1. The van der Waals surface area contributed by atoms with Gasteiger partial charge in [0, 0.05) is 42.4 Å². The molecule has 0 aliphatic carbocycles. The molecule has 3 aromatic rings. The van der Waals surface area contributed by atoms with Gasteiger partial charge in [-0.15, -0.1) is 23.1 Å². The summed E-state index contributed by atoms with van der Waals surface area (Å²) >= 11 is 2.85. The maximum Gasteiger partial charge on any atom is 0.315 e. The van der Waals surface area contributed by atoms with E-state index in [1.807, 2.05) is 62.8 Å². The fraction of sp³-hybridized carbons (Fsp3) is 0.393. The number of amides is 1. The summed E-state index contributed by atoms with van der Waals surface area (Å²) in [4.78, 5) is 43.2. The molecule has 0 unspecified atom stereocenters. The van der Waals surface area contributed by atoms with Crippen molar-refractivity contribution in [3.8, 4) is 11.5 Å². The fourth-order valence-electron chi connectivity index (χ4n) is 3.73. The molecule has 0 saturated carbocycles. The van der Waals surface area contributed by atoms with Gasteiger partial charge in [0.25, 0.3) is 0 Å². The van der Waals surface area contributed by atoms with Crippen LogP contribution >= 0.6 is 23.1 Å². The van der Waals surface area contributed by atoms with E-state index in [0.717, 1.165) is 47.2 Å². The topological polar surface area (TPSA) is 111 Å². The van der Waals surface area contributed by atoms with Crippen LogP contribution in [0.5, 0.6) is 11.5 Å². The lowest BCUT2D eigenvalue weighted by atomic mass is 9.94. The Balaban J connectivity index is 0.00000127. The van der Waals surface area contributed by atoms with Gasteiger partial charge in [-0.3, -0.25) is 9.59 Å². The summed E-state index contributed by atoms with van der Waals surface area (Å²) in [5.74, 6) is 2.12. The number of benzene rings is 1. The maximum absolute atomic E-state index is 11.6. The molecule has 1 aliphatic rings. The number of methoxy groups -OCH3 is 1. The van der Waals surface area contributed by atoms with Gasteiger partial charge in [0.1, 0.15) is 12.5 Å². The Kier molecular flexibility index (Phi) is 13.4. The molecule has 0 spiro atoms. The van der Waals surface area contributed by atoms with Crippen molar-refractivity contribution in [2.45, 2.75) is 51.3 Å². The first-order chi connectivity index (χ1) is 18.9. The average molecular weight is 573 g/mol. The highest BCUT2D eigenvalue weighted by molar-refractivity contribution is 8.00. The monoisotopic (exact) mass is 572 g/mol. The smallest absolute Gasteiger partial charge is 0.315 e. The van der Waals surface area contributed by atoms with Gasteiger partial charge in [-0.2, -0.15) is 0 Å². The van der Waals surface area contributed by atoms with E-state index in [0.29, 0.717) is 23.2 Å². The Morgan fingerprint density at radius 2 is 1.85 bits per heavy atom. The zero-order valence-electron chi connectivity index (χ0n) is 23.1. The molecule has 1 amide bonds. The van der Waals surface area contributed by atoms with Gasteiger partial charge in [-0.1, -0.05) is 31.5 Å². The van der Waals surface area contributed by atoms with Gasteiger partial charge < -0.3 is 24.5 Å². The lowest BCUT2D eigenvalue weighted by Crippen LogP contribution is -2.36. The van der Waals surface area contributed by atoms with Crippen LogP contribution in [0.2, 0.25) is 0 Å². The fourth-order valence-corrected chi connectivity index (χ4v) is 5.25. The highest BCUT2D eigenvalue weighted by Gasteiger charge is 2.24. The first-order valence-corrected chi connectivity index (χ1v) is 14.5. The van der Waals surface area contributed by atoms with E-state index >= 15 is 0 Å². The van der Waals surface area contributed by atoms with Crippen LogP contribution in [0.15, 0.2) is 46.8 Å². The summed E-state index contributed by atoms with van der Waals surface area (Å²) in [7, 11) is 1.37. The van der Waals surface area contributed by atoms with E-state index in [1.165, 1.54) is 30.2 Å². The normalized spacial score (nSPS) is 12.8. The van der Waals surface area contributed by atoms with Crippen molar-refractivity contribution in [2.75, 3.05) is 31.3 Å². The van der Waals surface area contributed by atoms with E-state index in [4.69, 9.17) is 19.3 Å². The van der Waals surface area contributed by atoms with E-state index in [9.17, 15) is 9.59 Å². The molecule has 1 fully saturated rings. The number of aromatic nitrogens is 2. The Bertz CT molecular complexity index is 1190. The second-order valence-corrected chi connectivity index (χ2v) is 10.2. The standard InChI is InChI=1S/C25H28N4O4S2.C2H6.CH2O/c1-16-4-6-19(7-5-16)33-22-12-20(34-15-23(31)32-3)13-26-24(22)28-25-27-21(14-35-25)18-8-10-29(11-9-18)17(2)30;2*1-2/h4-7,12-14,18H,8-11,15H2,1-3H3,(H,26,27,28);1-2H3;1H2. The Morgan fingerprint density at radius 3 is 2.46 bits per heavy atom. The molecule has 0 atom stereocenters. The third-order valence-electron chi connectivity index (χ3n) is 5.77. The Labute approximate surface area is 238 Å². The Morgan fingerprint density at radius 1 is 1.18 bits per heavy atom. The van der Waals surface area contributed by atoms with Crippen LogP contribution in [-0.2, 0) is 19.1 Å². The molecule has 0 bridgehead atoms. The number of likely N-dealkylation sites (tertiary alicyclic amines) is 1. The number of rotatable bonds is 8. The number of pyridine rings is 1. The molecule has 4 rings (SSSR count). The molecular weight excluding hydrogens is 536 g/mol. The lowest BCUT2D eigenvalue weighted by molar-refractivity contribution is -0.137. The molecule has 1 saturated heterocycles. The predicted molar refractivity (Wildman–Crippen MR) is 156 cm³/mol. The van der Waals surface area contributed by atoms with Crippen LogP contribution in [-0.4, -0.2) is 59.5 Å². The minimum absolute atomic E-state index is 0.129. The van der Waals surface area contributed by atoms with Crippen LogP contribution in [0.1, 0.15) is 50.8 Å². The van der Waals surface area contributed by atoms with E-state index < -0.39 is 0 Å². The molecule has 0 radical (unpaired) electrons. The number of ether oxygens (including phenoxy) is 2.